The van der Waals surface area contributed by atoms with Gasteiger partial charge in [0.2, 0.25) is 5.91 Å². The SMILES string of the molecule is O=C(NCc1ccc(Cn2cccn2)cc1)C1CNNC1c1ccccc1. The highest BCUT2D eigenvalue weighted by Gasteiger charge is 2.33. The number of hydrogen-bond donors (Lipinski definition) is 3. The molecule has 1 amide bonds. The lowest BCUT2D eigenvalue weighted by Gasteiger charge is -2.18. The van der Waals surface area contributed by atoms with Crippen LogP contribution in [0, 0.1) is 5.92 Å². The van der Waals surface area contributed by atoms with Gasteiger partial charge in [-0.1, -0.05) is 54.6 Å². The normalized spacial score (nSPS) is 19.1. The van der Waals surface area contributed by atoms with E-state index in [1.807, 2.05) is 47.3 Å². The zero-order valence-corrected chi connectivity index (χ0v) is 15.0. The van der Waals surface area contributed by atoms with Crippen molar-refractivity contribution >= 4 is 5.91 Å². The molecule has 6 nitrogen and oxygen atoms in total. The summed E-state index contributed by atoms with van der Waals surface area (Å²) in [6.45, 7) is 1.89. The summed E-state index contributed by atoms with van der Waals surface area (Å²) in [6, 6.07) is 20.2. The lowest BCUT2D eigenvalue weighted by Crippen LogP contribution is -2.34. The van der Waals surface area contributed by atoms with Gasteiger partial charge in [-0.05, 0) is 22.8 Å². The molecule has 0 radical (unpaired) electrons. The van der Waals surface area contributed by atoms with Crippen LogP contribution in [-0.2, 0) is 17.9 Å². The number of nitrogens with zero attached hydrogens (tertiary/aromatic N) is 2. The Morgan fingerprint density at radius 2 is 1.85 bits per heavy atom. The number of hydrazine groups is 1. The highest BCUT2D eigenvalue weighted by atomic mass is 16.2. The maximum Gasteiger partial charge on any atom is 0.226 e. The van der Waals surface area contributed by atoms with E-state index in [-0.39, 0.29) is 17.9 Å². The summed E-state index contributed by atoms with van der Waals surface area (Å²) in [6.07, 6.45) is 3.72. The van der Waals surface area contributed by atoms with Gasteiger partial charge in [-0.25, -0.2) is 5.43 Å². The second kappa shape index (κ2) is 8.16. The fraction of sp³-hybridized carbons (Fsp3) is 0.238. The summed E-state index contributed by atoms with van der Waals surface area (Å²) in [4.78, 5) is 12.7. The minimum absolute atomic E-state index is 0.0114. The fourth-order valence-corrected chi connectivity index (χ4v) is 3.38. The van der Waals surface area contributed by atoms with Gasteiger partial charge in [-0.2, -0.15) is 5.10 Å². The number of hydrogen-bond acceptors (Lipinski definition) is 4. The predicted octanol–water partition coefficient (Wildman–Crippen LogP) is 2.01. The third-order valence-electron chi connectivity index (χ3n) is 4.87. The van der Waals surface area contributed by atoms with Gasteiger partial charge in [0.1, 0.15) is 0 Å². The number of aromatic nitrogens is 2. The topological polar surface area (TPSA) is 71.0 Å². The molecule has 1 aliphatic heterocycles. The van der Waals surface area contributed by atoms with Crippen LogP contribution >= 0.6 is 0 Å². The number of carbonyl (C=O) groups excluding carboxylic acids is 1. The largest absolute Gasteiger partial charge is 0.352 e. The van der Waals surface area contributed by atoms with Crippen LogP contribution < -0.4 is 16.2 Å². The Morgan fingerprint density at radius 3 is 2.59 bits per heavy atom. The molecule has 2 atom stereocenters. The average Bonchev–Trinajstić information content (AvgIpc) is 3.40. The molecule has 1 saturated heterocycles. The van der Waals surface area contributed by atoms with Crippen LogP contribution in [0.5, 0.6) is 0 Å². The summed E-state index contributed by atoms with van der Waals surface area (Å²) in [5.41, 5.74) is 9.71. The molecule has 1 fully saturated rings. The molecule has 2 heterocycles. The molecule has 3 N–H and O–H groups in total. The third-order valence-corrected chi connectivity index (χ3v) is 4.87. The van der Waals surface area contributed by atoms with Crippen molar-refractivity contribution in [1.29, 1.82) is 0 Å². The molecule has 0 spiro atoms. The van der Waals surface area contributed by atoms with Crippen LogP contribution in [0.4, 0.5) is 0 Å². The Balaban J connectivity index is 1.33. The van der Waals surface area contributed by atoms with E-state index in [0.717, 1.165) is 17.7 Å². The number of rotatable bonds is 6. The maximum atomic E-state index is 12.7. The Morgan fingerprint density at radius 1 is 1.07 bits per heavy atom. The average molecular weight is 361 g/mol. The molecule has 0 bridgehead atoms. The molecule has 27 heavy (non-hydrogen) atoms. The first kappa shape index (κ1) is 17.5. The monoisotopic (exact) mass is 361 g/mol. The van der Waals surface area contributed by atoms with Crippen LogP contribution in [0.3, 0.4) is 0 Å². The Kier molecular flexibility index (Phi) is 5.27. The number of amides is 1. The molecule has 4 rings (SSSR count). The smallest absolute Gasteiger partial charge is 0.226 e. The first-order valence-corrected chi connectivity index (χ1v) is 9.16. The highest BCUT2D eigenvalue weighted by Crippen LogP contribution is 2.24. The lowest BCUT2D eigenvalue weighted by atomic mass is 9.94. The standard InChI is InChI=1S/C21H23N5O/c27-21(19-14-23-25-20(19)18-5-2-1-3-6-18)22-13-16-7-9-17(10-8-16)15-26-12-4-11-24-26/h1-12,19-20,23,25H,13-15H2,(H,22,27). The minimum atomic E-state index is -0.133. The molecule has 3 aromatic rings. The van der Waals surface area contributed by atoms with E-state index in [1.165, 1.54) is 5.56 Å². The Hall–Kier alpha value is -2.96. The zero-order chi connectivity index (χ0) is 18.5. The summed E-state index contributed by atoms with van der Waals surface area (Å²) in [7, 11) is 0. The first-order valence-electron chi connectivity index (χ1n) is 9.16. The number of benzene rings is 2. The molecule has 2 aromatic carbocycles. The molecular weight excluding hydrogens is 338 g/mol. The molecule has 138 valence electrons. The molecule has 1 aliphatic rings. The van der Waals surface area contributed by atoms with Crippen molar-refractivity contribution < 1.29 is 4.79 Å². The second-order valence-electron chi connectivity index (χ2n) is 6.76. The van der Waals surface area contributed by atoms with Crippen molar-refractivity contribution in [2.24, 2.45) is 5.92 Å². The number of nitrogens with one attached hydrogen (secondary N) is 3. The molecule has 0 aliphatic carbocycles. The van der Waals surface area contributed by atoms with Gasteiger partial charge < -0.3 is 5.32 Å². The molecule has 0 saturated carbocycles. The summed E-state index contributed by atoms with van der Waals surface area (Å²) in [5.74, 6) is -0.0755. The van der Waals surface area contributed by atoms with Crippen molar-refractivity contribution in [2.45, 2.75) is 19.1 Å². The van der Waals surface area contributed by atoms with E-state index in [2.05, 4.69) is 45.5 Å². The maximum absolute atomic E-state index is 12.7. The predicted molar refractivity (Wildman–Crippen MR) is 103 cm³/mol. The van der Waals surface area contributed by atoms with Gasteiger partial charge in [-0.3, -0.25) is 14.9 Å². The summed E-state index contributed by atoms with van der Waals surface area (Å²) < 4.78 is 1.89. The van der Waals surface area contributed by atoms with Crippen molar-refractivity contribution in [1.82, 2.24) is 25.9 Å². The fourth-order valence-electron chi connectivity index (χ4n) is 3.38. The third kappa shape index (κ3) is 4.24. The second-order valence-corrected chi connectivity index (χ2v) is 6.76. The molecular formula is C21H23N5O. The zero-order valence-electron chi connectivity index (χ0n) is 15.0. The van der Waals surface area contributed by atoms with Gasteiger partial charge in [0, 0.05) is 25.5 Å². The van der Waals surface area contributed by atoms with Gasteiger partial charge in [-0.15, -0.1) is 0 Å². The van der Waals surface area contributed by atoms with Crippen molar-refractivity contribution in [3.8, 4) is 0 Å². The summed E-state index contributed by atoms with van der Waals surface area (Å²) in [5, 5.41) is 7.29. The van der Waals surface area contributed by atoms with Crippen LogP contribution in [0.15, 0.2) is 73.1 Å². The van der Waals surface area contributed by atoms with E-state index in [0.29, 0.717) is 13.1 Å². The summed E-state index contributed by atoms with van der Waals surface area (Å²) >= 11 is 0. The van der Waals surface area contributed by atoms with E-state index < -0.39 is 0 Å². The van der Waals surface area contributed by atoms with E-state index in [9.17, 15) is 4.79 Å². The quantitative estimate of drug-likeness (QED) is 0.628. The van der Waals surface area contributed by atoms with Crippen molar-refractivity contribution in [3.63, 3.8) is 0 Å². The van der Waals surface area contributed by atoms with Crippen LogP contribution in [0.2, 0.25) is 0 Å². The molecule has 6 heteroatoms. The van der Waals surface area contributed by atoms with Crippen LogP contribution in [-0.4, -0.2) is 22.2 Å². The highest BCUT2D eigenvalue weighted by molar-refractivity contribution is 5.80. The van der Waals surface area contributed by atoms with E-state index >= 15 is 0 Å². The van der Waals surface area contributed by atoms with Gasteiger partial charge in [0.05, 0.1) is 18.5 Å². The molecule has 2 unspecified atom stereocenters. The van der Waals surface area contributed by atoms with Crippen LogP contribution in [0.25, 0.3) is 0 Å². The van der Waals surface area contributed by atoms with Gasteiger partial charge >= 0.3 is 0 Å². The van der Waals surface area contributed by atoms with E-state index in [4.69, 9.17) is 0 Å². The Labute approximate surface area is 158 Å². The molecule has 1 aromatic heterocycles. The lowest BCUT2D eigenvalue weighted by molar-refractivity contribution is -0.125. The van der Waals surface area contributed by atoms with Gasteiger partial charge in [0.25, 0.3) is 0 Å². The first-order chi connectivity index (χ1) is 13.3. The van der Waals surface area contributed by atoms with Crippen molar-refractivity contribution in [2.75, 3.05) is 6.54 Å². The number of carbonyl (C=O) groups is 1. The van der Waals surface area contributed by atoms with Crippen LogP contribution in [0.1, 0.15) is 22.7 Å². The van der Waals surface area contributed by atoms with E-state index in [1.54, 1.807) is 6.20 Å². The van der Waals surface area contributed by atoms with Gasteiger partial charge in [0.15, 0.2) is 0 Å². The van der Waals surface area contributed by atoms with Crippen molar-refractivity contribution in [3.05, 3.63) is 89.7 Å². The Bertz CT molecular complexity index is 861. The minimum Gasteiger partial charge on any atom is -0.352 e.